The van der Waals surface area contributed by atoms with Crippen LogP contribution in [0.1, 0.15) is 23.2 Å². The lowest BCUT2D eigenvalue weighted by Gasteiger charge is -2.26. The molecule has 1 amide bonds. The Kier molecular flexibility index (Phi) is 3.80. The van der Waals surface area contributed by atoms with Crippen LogP contribution in [0.4, 0.5) is 5.69 Å². The number of amides is 1. The first-order valence-corrected chi connectivity index (χ1v) is 6.12. The Bertz CT molecular complexity index is 549. The van der Waals surface area contributed by atoms with Crippen LogP contribution in [0.2, 0.25) is 5.02 Å². The highest BCUT2D eigenvalue weighted by atomic mass is 35.5. The minimum atomic E-state index is -0.601. The summed E-state index contributed by atoms with van der Waals surface area (Å²) >= 11 is 5.76. The summed E-state index contributed by atoms with van der Waals surface area (Å²) in [5, 5.41) is 10.6. The lowest BCUT2D eigenvalue weighted by Crippen LogP contribution is -2.38. The highest BCUT2D eigenvalue weighted by molar-refractivity contribution is 6.33. The van der Waals surface area contributed by atoms with Crippen molar-refractivity contribution in [2.24, 2.45) is 0 Å². The van der Waals surface area contributed by atoms with Crippen LogP contribution >= 0.6 is 11.6 Å². The topological polar surface area (TPSA) is 80.5 Å². The molecular weight excluding hydrogens is 272 g/mol. The molecule has 0 unspecified atom stereocenters. The number of carbonyl (C=O) groups excluding carboxylic acids is 2. The van der Waals surface area contributed by atoms with Gasteiger partial charge in [-0.3, -0.25) is 19.7 Å². The fourth-order valence-corrected chi connectivity index (χ4v) is 2.18. The molecule has 1 aliphatic heterocycles. The Morgan fingerprint density at radius 2 is 1.95 bits per heavy atom. The number of carbonyl (C=O) groups is 2. The van der Waals surface area contributed by atoms with Gasteiger partial charge >= 0.3 is 0 Å². The van der Waals surface area contributed by atoms with Gasteiger partial charge in [0.1, 0.15) is 10.8 Å². The van der Waals surface area contributed by atoms with Crippen LogP contribution in [0.5, 0.6) is 0 Å². The first-order valence-electron chi connectivity index (χ1n) is 5.74. The number of nitro benzene ring substituents is 1. The minimum Gasteiger partial charge on any atom is -0.338 e. The van der Waals surface area contributed by atoms with Crippen molar-refractivity contribution in [2.45, 2.75) is 12.8 Å². The molecule has 0 radical (unpaired) electrons. The summed E-state index contributed by atoms with van der Waals surface area (Å²) < 4.78 is 0. The van der Waals surface area contributed by atoms with Crippen molar-refractivity contribution in [3.05, 3.63) is 38.9 Å². The molecule has 0 aliphatic carbocycles. The molecule has 1 aliphatic rings. The van der Waals surface area contributed by atoms with Crippen molar-refractivity contribution >= 4 is 29.0 Å². The van der Waals surface area contributed by atoms with E-state index in [0.717, 1.165) is 0 Å². The van der Waals surface area contributed by atoms with E-state index < -0.39 is 4.92 Å². The predicted molar refractivity (Wildman–Crippen MR) is 68.3 cm³/mol. The van der Waals surface area contributed by atoms with Crippen molar-refractivity contribution in [3.63, 3.8) is 0 Å². The molecule has 0 bridgehead atoms. The van der Waals surface area contributed by atoms with E-state index in [4.69, 9.17) is 11.6 Å². The number of nitro groups is 1. The smallest absolute Gasteiger partial charge is 0.287 e. The van der Waals surface area contributed by atoms with Gasteiger partial charge in [-0.25, -0.2) is 0 Å². The molecule has 1 aromatic carbocycles. The zero-order chi connectivity index (χ0) is 14.0. The van der Waals surface area contributed by atoms with E-state index in [9.17, 15) is 19.7 Å². The Morgan fingerprint density at radius 1 is 1.32 bits per heavy atom. The average Bonchev–Trinajstić information content (AvgIpc) is 2.38. The zero-order valence-corrected chi connectivity index (χ0v) is 10.7. The number of likely N-dealkylation sites (tertiary alicyclic amines) is 1. The van der Waals surface area contributed by atoms with Gasteiger partial charge in [0, 0.05) is 37.6 Å². The molecule has 1 heterocycles. The number of piperidine rings is 1. The highest BCUT2D eigenvalue weighted by Gasteiger charge is 2.23. The molecule has 7 heteroatoms. The maximum atomic E-state index is 12.1. The molecule has 2 rings (SSSR count). The number of hydrogen-bond acceptors (Lipinski definition) is 4. The summed E-state index contributed by atoms with van der Waals surface area (Å²) in [5.74, 6) is -0.116. The summed E-state index contributed by atoms with van der Waals surface area (Å²) in [6.45, 7) is 0.762. The van der Waals surface area contributed by atoms with E-state index in [2.05, 4.69) is 0 Å². The molecular formula is C12H11ClN2O4. The van der Waals surface area contributed by atoms with Gasteiger partial charge in [0.15, 0.2) is 0 Å². The lowest BCUT2D eigenvalue weighted by atomic mass is 10.1. The third-order valence-electron chi connectivity index (χ3n) is 3.00. The summed E-state index contributed by atoms with van der Waals surface area (Å²) in [4.78, 5) is 34.8. The van der Waals surface area contributed by atoms with Gasteiger partial charge in [-0.1, -0.05) is 11.6 Å². The number of nitrogens with zero attached hydrogens (tertiary/aromatic N) is 2. The fourth-order valence-electron chi connectivity index (χ4n) is 1.93. The Hall–Kier alpha value is -1.95. The largest absolute Gasteiger partial charge is 0.338 e. The van der Waals surface area contributed by atoms with Crippen LogP contribution in [-0.2, 0) is 4.79 Å². The van der Waals surface area contributed by atoms with Crippen molar-refractivity contribution in [3.8, 4) is 0 Å². The summed E-state index contributed by atoms with van der Waals surface area (Å²) in [6, 6.07) is 3.88. The van der Waals surface area contributed by atoms with Gasteiger partial charge in [0.25, 0.3) is 11.6 Å². The first kappa shape index (κ1) is 13.5. The molecule has 100 valence electrons. The van der Waals surface area contributed by atoms with E-state index in [1.165, 1.54) is 18.2 Å². The molecule has 0 aromatic heterocycles. The minimum absolute atomic E-state index is 0.0658. The molecule has 1 saturated heterocycles. The van der Waals surface area contributed by atoms with Gasteiger partial charge in [-0.15, -0.1) is 0 Å². The molecule has 0 N–H and O–H groups in total. The van der Waals surface area contributed by atoms with Crippen LogP contribution in [0.3, 0.4) is 0 Å². The maximum absolute atomic E-state index is 12.1. The van der Waals surface area contributed by atoms with E-state index in [0.29, 0.717) is 31.5 Å². The summed E-state index contributed by atoms with van der Waals surface area (Å²) in [7, 11) is 0. The normalized spacial score (nSPS) is 15.4. The zero-order valence-electron chi connectivity index (χ0n) is 9.97. The van der Waals surface area contributed by atoms with E-state index >= 15 is 0 Å². The molecule has 19 heavy (non-hydrogen) atoms. The van der Waals surface area contributed by atoms with Crippen LogP contribution in [0.25, 0.3) is 0 Å². The second kappa shape index (κ2) is 5.36. The van der Waals surface area contributed by atoms with Gasteiger partial charge in [0.2, 0.25) is 0 Å². The Balaban J connectivity index is 2.18. The average molecular weight is 283 g/mol. The quantitative estimate of drug-likeness (QED) is 0.614. The van der Waals surface area contributed by atoms with Crippen molar-refractivity contribution in [2.75, 3.05) is 13.1 Å². The standard InChI is InChI=1S/C12H11ClN2O4/c13-10-7-8(1-2-11(10)15(18)19)12(17)14-5-3-9(16)4-6-14/h1-2,7H,3-6H2. The summed E-state index contributed by atoms with van der Waals surface area (Å²) in [5.41, 5.74) is 0.0667. The number of Topliss-reactive ketones (excluding diaryl/α,β-unsaturated/α-hetero) is 1. The third-order valence-corrected chi connectivity index (χ3v) is 3.30. The SMILES string of the molecule is O=C1CCN(C(=O)c2ccc([N+](=O)[O-])c(Cl)c2)CC1. The maximum Gasteiger partial charge on any atom is 0.287 e. The monoisotopic (exact) mass is 282 g/mol. The van der Waals surface area contributed by atoms with E-state index in [1.807, 2.05) is 0 Å². The lowest BCUT2D eigenvalue weighted by molar-refractivity contribution is -0.384. The molecule has 0 spiro atoms. The third kappa shape index (κ3) is 2.90. The predicted octanol–water partition coefficient (Wildman–Crippen LogP) is 2.05. The van der Waals surface area contributed by atoms with Gasteiger partial charge < -0.3 is 4.90 Å². The number of hydrogen-bond donors (Lipinski definition) is 0. The molecule has 6 nitrogen and oxygen atoms in total. The van der Waals surface area contributed by atoms with Crippen LogP contribution < -0.4 is 0 Å². The Labute approximate surface area is 114 Å². The van der Waals surface area contributed by atoms with Crippen LogP contribution in [0, 0.1) is 10.1 Å². The molecule has 0 atom stereocenters. The second-order valence-corrected chi connectivity index (χ2v) is 4.66. The van der Waals surface area contributed by atoms with Gasteiger partial charge in [-0.2, -0.15) is 0 Å². The number of benzene rings is 1. The van der Waals surface area contributed by atoms with Gasteiger partial charge in [-0.05, 0) is 12.1 Å². The van der Waals surface area contributed by atoms with E-state index in [1.54, 1.807) is 4.90 Å². The number of rotatable bonds is 2. The molecule has 1 fully saturated rings. The number of ketones is 1. The number of halogens is 1. The first-order chi connectivity index (χ1) is 8.99. The van der Waals surface area contributed by atoms with Crippen molar-refractivity contribution < 1.29 is 14.5 Å². The summed E-state index contributed by atoms with van der Waals surface area (Å²) in [6.07, 6.45) is 0.707. The van der Waals surface area contributed by atoms with Crippen LogP contribution in [0.15, 0.2) is 18.2 Å². The fraction of sp³-hybridized carbons (Fsp3) is 0.333. The molecule has 0 saturated carbocycles. The van der Waals surface area contributed by atoms with Crippen molar-refractivity contribution in [1.29, 1.82) is 0 Å². The second-order valence-electron chi connectivity index (χ2n) is 4.25. The molecule has 1 aromatic rings. The van der Waals surface area contributed by atoms with E-state index in [-0.39, 0.29) is 22.4 Å². The van der Waals surface area contributed by atoms with Crippen molar-refractivity contribution in [1.82, 2.24) is 4.90 Å². The van der Waals surface area contributed by atoms with Crippen LogP contribution in [-0.4, -0.2) is 34.6 Å². The van der Waals surface area contributed by atoms with Gasteiger partial charge in [0.05, 0.1) is 4.92 Å². The highest BCUT2D eigenvalue weighted by Crippen LogP contribution is 2.25. The Morgan fingerprint density at radius 3 is 2.47 bits per heavy atom.